The van der Waals surface area contributed by atoms with Crippen molar-refractivity contribution in [3.05, 3.63) is 0 Å². The fraction of sp³-hybridized carbons (Fsp3) is 1.00. The maximum atomic E-state index is 6.18. The molecule has 6 heteroatoms. The van der Waals surface area contributed by atoms with Crippen LogP contribution in [0.5, 0.6) is 0 Å². The molecule has 0 saturated carbocycles. The lowest BCUT2D eigenvalue weighted by Gasteiger charge is -2.56. The van der Waals surface area contributed by atoms with Crippen molar-refractivity contribution in [2.75, 3.05) is 12.0 Å². The van der Waals surface area contributed by atoms with Gasteiger partial charge in [0.25, 0.3) is 0 Å². The predicted octanol–water partition coefficient (Wildman–Crippen LogP) is -1.60. The van der Waals surface area contributed by atoms with Crippen LogP contribution in [0.1, 0.15) is 13.3 Å². The Morgan fingerprint density at radius 3 is 1.60 bits per heavy atom. The van der Waals surface area contributed by atoms with Crippen molar-refractivity contribution in [3.63, 3.8) is 0 Å². The third-order valence-corrected chi connectivity index (χ3v) is 7.94. The van der Waals surface area contributed by atoms with E-state index in [2.05, 4.69) is 13.2 Å². The van der Waals surface area contributed by atoms with E-state index in [1.54, 1.807) is 0 Å². The van der Waals surface area contributed by atoms with Gasteiger partial charge in [-0.15, -0.1) is 0 Å². The summed E-state index contributed by atoms with van der Waals surface area (Å²) in [6.45, 7) is 2.13. The number of hydrogen-bond acceptors (Lipinski definition) is 5. The molecule has 15 heavy (non-hydrogen) atoms. The highest BCUT2D eigenvalue weighted by Gasteiger charge is 2.47. The van der Waals surface area contributed by atoms with Crippen LogP contribution in [0, 0.1) is 0 Å². The van der Waals surface area contributed by atoms with E-state index in [1.165, 1.54) is 0 Å². The summed E-state index contributed by atoms with van der Waals surface area (Å²) >= 11 is 0. The highest BCUT2D eigenvalue weighted by atomic mass is 32.3. The molecule has 0 aromatic rings. The Morgan fingerprint density at radius 1 is 0.867 bits per heavy atom. The van der Waals surface area contributed by atoms with Crippen molar-refractivity contribution in [2.45, 2.75) is 42.2 Å². The summed E-state index contributed by atoms with van der Waals surface area (Å²) in [6, 6.07) is -0.745. The lowest BCUT2D eigenvalue weighted by molar-refractivity contribution is 0.401. The SMILES string of the molecule is CCCS1(C)C(N)C(N)C(N)C(N)C1N. The van der Waals surface area contributed by atoms with Crippen LogP contribution >= 0.6 is 10.0 Å². The average molecular weight is 235 g/mol. The van der Waals surface area contributed by atoms with Gasteiger partial charge in [-0.05, 0) is 18.4 Å². The fourth-order valence-corrected chi connectivity index (χ4v) is 5.89. The average Bonchev–Trinajstić information content (AvgIpc) is 2.22. The van der Waals surface area contributed by atoms with Crippen molar-refractivity contribution in [1.29, 1.82) is 0 Å². The molecule has 0 spiro atoms. The Hall–Kier alpha value is 0.150. The smallest absolute Gasteiger partial charge is 0.0533 e. The molecule has 5 nitrogen and oxygen atoms in total. The molecule has 1 fully saturated rings. The highest BCUT2D eigenvalue weighted by Crippen LogP contribution is 2.54. The lowest BCUT2D eigenvalue weighted by Crippen LogP contribution is -2.72. The van der Waals surface area contributed by atoms with Gasteiger partial charge >= 0.3 is 0 Å². The first-order valence-corrected chi connectivity index (χ1v) is 7.71. The Bertz CT molecular complexity index is 209. The molecule has 92 valence electrons. The second-order valence-corrected chi connectivity index (χ2v) is 8.55. The van der Waals surface area contributed by atoms with Crippen LogP contribution in [-0.2, 0) is 0 Å². The Balaban J connectivity index is 2.95. The van der Waals surface area contributed by atoms with E-state index in [0.717, 1.165) is 12.2 Å². The van der Waals surface area contributed by atoms with Crippen LogP contribution in [0.25, 0.3) is 0 Å². The molecule has 0 aromatic heterocycles. The van der Waals surface area contributed by atoms with Gasteiger partial charge in [-0.3, -0.25) is 0 Å². The van der Waals surface area contributed by atoms with Gasteiger partial charge in [0.1, 0.15) is 0 Å². The van der Waals surface area contributed by atoms with Crippen LogP contribution in [0.3, 0.4) is 0 Å². The first kappa shape index (κ1) is 13.2. The molecule has 1 rings (SSSR count). The zero-order valence-corrected chi connectivity index (χ0v) is 10.4. The molecule has 4 unspecified atom stereocenters. The van der Waals surface area contributed by atoms with Gasteiger partial charge in [-0.25, -0.2) is 10.0 Å². The van der Waals surface area contributed by atoms with Gasteiger partial charge in [0.05, 0.1) is 10.7 Å². The Morgan fingerprint density at radius 2 is 1.27 bits per heavy atom. The molecule has 0 amide bonds. The summed E-state index contributed by atoms with van der Waals surface area (Å²) in [4.78, 5) is 0. The number of nitrogens with two attached hydrogens (primary N) is 5. The van der Waals surface area contributed by atoms with E-state index in [0.29, 0.717) is 0 Å². The standard InChI is InChI=1S/C9H25N5S/c1-3-4-15(2)8(13)6(11)5(10)7(12)9(15)14/h5-9H,3-4,10-14H2,1-2H3. The monoisotopic (exact) mass is 235 g/mol. The van der Waals surface area contributed by atoms with Crippen molar-refractivity contribution in [3.8, 4) is 0 Å². The van der Waals surface area contributed by atoms with Crippen LogP contribution in [-0.4, -0.2) is 40.9 Å². The van der Waals surface area contributed by atoms with Crippen LogP contribution < -0.4 is 28.7 Å². The van der Waals surface area contributed by atoms with E-state index < -0.39 is 10.0 Å². The zero-order valence-electron chi connectivity index (χ0n) is 9.60. The van der Waals surface area contributed by atoms with E-state index in [4.69, 9.17) is 28.7 Å². The topological polar surface area (TPSA) is 130 Å². The molecular weight excluding hydrogens is 210 g/mol. The number of hydrogen-bond donors (Lipinski definition) is 5. The molecule has 1 saturated heterocycles. The Labute approximate surface area is 93.4 Å². The first-order chi connectivity index (χ1) is 6.86. The number of rotatable bonds is 2. The van der Waals surface area contributed by atoms with Gasteiger partial charge in [0.2, 0.25) is 0 Å². The van der Waals surface area contributed by atoms with Gasteiger partial charge in [0, 0.05) is 18.1 Å². The summed E-state index contributed by atoms with van der Waals surface area (Å²) in [7, 11) is -1.15. The minimum atomic E-state index is -1.15. The second kappa shape index (κ2) is 4.57. The normalized spacial score (nSPS) is 56.1. The maximum Gasteiger partial charge on any atom is 0.0533 e. The molecule has 0 aliphatic carbocycles. The van der Waals surface area contributed by atoms with E-state index >= 15 is 0 Å². The molecule has 1 aliphatic rings. The van der Waals surface area contributed by atoms with Crippen molar-refractivity contribution in [2.24, 2.45) is 28.7 Å². The first-order valence-electron chi connectivity index (χ1n) is 5.38. The van der Waals surface area contributed by atoms with Gasteiger partial charge in [-0.2, -0.15) is 0 Å². The largest absolute Gasteiger partial charge is 0.325 e. The highest BCUT2D eigenvalue weighted by molar-refractivity contribution is 8.34. The van der Waals surface area contributed by atoms with Crippen molar-refractivity contribution >= 4 is 10.0 Å². The van der Waals surface area contributed by atoms with Gasteiger partial charge in [-0.1, -0.05) is 6.92 Å². The zero-order chi connectivity index (χ0) is 11.8. The summed E-state index contributed by atoms with van der Waals surface area (Å²) in [5.41, 5.74) is 30.3. The molecule has 4 atom stereocenters. The van der Waals surface area contributed by atoms with Crippen LogP contribution in [0.15, 0.2) is 0 Å². The third-order valence-electron chi connectivity index (χ3n) is 3.54. The second-order valence-electron chi connectivity index (χ2n) is 4.59. The van der Waals surface area contributed by atoms with Crippen LogP contribution in [0.4, 0.5) is 0 Å². The summed E-state index contributed by atoms with van der Waals surface area (Å²) in [6.07, 6.45) is 3.21. The van der Waals surface area contributed by atoms with E-state index in [-0.39, 0.29) is 28.9 Å². The minimum absolute atomic E-state index is 0.0951. The van der Waals surface area contributed by atoms with Crippen molar-refractivity contribution < 1.29 is 0 Å². The van der Waals surface area contributed by atoms with Gasteiger partial charge < -0.3 is 28.7 Å². The maximum absolute atomic E-state index is 6.18. The molecule has 0 radical (unpaired) electrons. The molecule has 1 aliphatic heterocycles. The lowest BCUT2D eigenvalue weighted by atomic mass is 10.0. The summed E-state index contributed by atoms with van der Waals surface area (Å²) in [5, 5.41) is -0.190. The van der Waals surface area contributed by atoms with Gasteiger partial charge in [0.15, 0.2) is 0 Å². The Kier molecular flexibility index (Phi) is 4.02. The molecule has 10 N–H and O–H groups in total. The minimum Gasteiger partial charge on any atom is -0.325 e. The third kappa shape index (κ3) is 2.02. The summed E-state index contributed by atoms with van der Waals surface area (Å²) < 4.78 is 0. The molecule has 0 bridgehead atoms. The molecular formula is C9H25N5S. The van der Waals surface area contributed by atoms with E-state index in [1.807, 2.05) is 0 Å². The quantitative estimate of drug-likeness (QED) is 0.393. The fourth-order valence-electron chi connectivity index (χ4n) is 2.31. The molecule has 0 aromatic carbocycles. The molecule has 1 heterocycles. The predicted molar refractivity (Wildman–Crippen MR) is 68.6 cm³/mol. The van der Waals surface area contributed by atoms with E-state index in [9.17, 15) is 0 Å². The van der Waals surface area contributed by atoms with Crippen molar-refractivity contribution in [1.82, 2.24) is 0 Å². The summed E-state index contributed by atoms with van der Waals surface area (Å²) in [5.74, 6) is 1.02. The van der Waals surface area contributed by atoms with Crippen LogP contribution in [0.2, 0.25) is 0 Å².